The van der Waals surface area contributed by atoms with Crippen molar-refractivity contribution in [3.05, 3.63) is 59.7 Å². The summed E-state index contributed by atoms with van der Waals surface area (Å²) in [6.45, 7) is -1.01. The van der Waals surface area contributed by atoms with E-state index in [0.29, 0.717) is 12.8 Å². The Morgan fingerprint density at radius 2 is 1.66 bits per heavy atom. The number of alkyl halides is 3. The second-order valence-electron chi connectivity index (χ2n) is 8.73. The number of fused-ring (bicyclic) bond motifs is 3. The van der Waals surface area contributed by atoms with E-state index in [9.17, 15) is 27.6 Å². The van der Waals surface area contributed by atoms with Crippen molar-refractivity contribution in [2.45, 2.75) is 37.4 Å². The number of carboxylic acids is 1. The summed E-state index contributed by atoms with van der Waals surface area (Å²) in [6.07, 6.45) is -5.64. The minimum atomic E-state index is -4.91. The van der Waals surface area contributed by atoms with Crippen LogP contribution in [0.2, 0.25) is 0 Å². The molecule has 1 fully saturated rings. The molecule has 2 amide bonds. The fourth-order valence-electron chi connectivity index (χ4n) is 4.92. The largest absolute Gasteiger partial charge is 0.481 e. The maximum atomic E-state index is 13.7. The molecule has 4 rings (SSSR count). The number of carbonyl (C=O) groups excluding carboxylic acids is 2. The van der Waals surface area contributed by atoms with Crippen molar-refractivity contribution in [3.63, 3.8) is 0 Å². The zero-order valence-electron chi connectivity index (χ0n) is 18.8. The molecule has 1 aliphatic heterocycles. The Kier molecular flexibility index (Phi) is 7.00. The molecule has 2 unspecified atom stereocenters. The summed E-state index contributed by atoms with van der Waals surface area (Å²) in [4.78, 5) is 36.9. The fraction of sp³-hybridized carbons (Fsp3) is 0.400. The standard InChI is InChI=1S/C25H25F3N2O5/c26-25(27,28)21(23(33)30-11-5-6-15(30)12-22(31)32)13-29-24(34)35-14-20-18-9-3-1-7-16(18)17-8-2-4-10-19(17)20/h1-4,7-10,15,20-21H,5-6,11-14H2,(H,29,34)(H,31,32). The summed E-state index contributed by atoms with van der Waals surface area (Å²) >= 11 is 0. The number of hydrogen-bond acceptors (Lipinski definition) is 4. The summed E-state index contributed by atoms with van der Waals surface area (Å²) in [6, 6.07) is 14.5. The van der Waals surface area contributed by atoms with E-state index in [4.69, 9.17) is 9.84 Å². The van der Waals surface area contributed by atoms with Crippen molar-refractivity contribution in [1.82, 2.24) is 10.2 Å². The monoisotopic (exact) mass is 490 g/mol. The highest BCUT2D eigenvalue weighted by Crippen LogP contribution is 2.44. The normalized spacial score (nSPS) is 18.0. The number of halogens is 3. The number of alkyl carbamates (subject to hydrolysis) is 1. The number of aliphatic carboxylic acids is 1. The van der Waals surface area contributed by atoms with Crippen molar-refractivity contribution in [2.75, 3.05) is 19.7 Å². The third kappa shape index (κ3) is 5.26. The van der Waals surface area contributed by atoms with Crippen LogP contribution in [0.4, 0.5) is 18.0 Å². The van der Waals surface area contributed by atoms with Gasteiger partial charge in [0.15, 0.2) is 5.92 Å². The van der Waals surface area contributed by atoms with Crippen LogP contribution in [0.3, 0.4) is 0 Å². The van der Waals surface area contributed by atoms with Crippen LogP contribution in [0.15, 0.2) is 48.5 Å². The molecule has 0 aromatic heterocycles. The molecule has 1 heterocycles. The summed E-state index contributed by atoms with van der Waals surface area (Å²) in [5, 5.41) is 11.1. The molecule has 2 aromatic rings. The van der Waals surface area contributed by atoms with E-state index in [1.165, 1.54) is 0 Å². The quantitative estimate of drug-likeness (QED) is 0.608. The molecule has 0 radical (unpaired) electrons. The molecule has 0 saturated carbocycles. The van der Waals surface area contributed by atoms with Crippen LogP contribution in [0.5, 0.6) is 0 Å². The van der Waals surface area contributed by atoms with Gasteiger partial charge in [-0.15, -0.1) is 0 Å². The van der Waals surface area contributed by atoms with Gasteiger partial charge in [-0.25, -0.2) is 4.79 Å². The SMILES string of the molecule is O=C(O)CC1CCCN1C(=O)C(CNC(=O)OCC1c2ccccc2-c2ccccc21)C(F)(F)F. The van der Waals surface area contributed by atoms with Crippen LogP contribution in [0.1, 0.15) is 36.3 Å². The van der Waals surface area contributed by atoms with E-state index in [-0.39, 0.29) is 19.1 Å². The topological polar surface area (TPSA) is 95.9 Å². The van der Waals surface area contributed by atoms with Crippen LogP contribution in [-0.2, 0) is 14.3 Å². The number of amides is 2. The Morgan fingerprint density at radius 1 is 1.06 bits per heavy atom. The average molecular weight is 490 g/mol. The number of benzene rings is 2. The van der Waals surface area contributed by atoms with Crippen LogP contribution in [0, 0.1) is 5.92 Å². The van der Waals surface area contributed by atoms with Crippen molar-refractivity contribution in [1.29, 1.82) is 0 Å². The first-order valence-corrected chi connectivity index (χ1v) is 11.3. The second-order valence-corrected chi connectivity index (χ2v) is 8.73. The van der Waals surface area contributed by atoms with Crippen LogP contribution in [0.25, 0.3) is 11.1 Å². The Balaban J connectivity index is 1.39. The lowest BCUT2D eigenvalue weighted by Gasteiger charge is -2.29. The number of rotatable bonds is 7. The molecule has 1 aliphatic carbocycles. The van der Waals surface area contributed by atoms with E-state index < -0.39 is 49.1 Å². The highest BCUT2D eigenvalue weighted by molar-refractivity contribution is 5.82. The molecular weight excluding hydrogens is 465 g/mol. The van der Waals surface area contributed by atoms with Gasteiger partial charge < -0.3 is 20.1 Å². The van der Waals surface area contributed by atoms with Gasteiger partial charge in [0.25, 0.3) is 0 Å². The molecule has 0 spiro atoms. The van der Waals surface area contributed by atoms with Crippen LogP contribution in [-0.4, -0.2) is 59.9 Å². The molecule has 2 N–H and O–H groups in total. The molecule has 0 bridgehead atoms. The summed E-state index contributed by atoms with van der Waals surface area (Å²) in [5.41, 5.74) is 3.95. The molecular formula is C25H25F3N2O5. The summed E-state index contributed by atoms with van der Waals surface area (Å²) < 4.78 is 46.3. The molecule has 186 valence electrons. The number of ether oxygens (including phenoxy) is 1. The van der Waals surface area contributed by atoms with E-state index in [2.05, 4.69) is 5.32 Å². The summed E-state index contributed by atoms with van der Waals surface area (Å²) in [7, 11) is 0. The van der Waals surface area contributed by atoms with Crippen LogP contribution < -0.4 is 5.32 Å². The highest BCUT2D eigenvalue weighted by atomic mass is 19.4. The smallest absolute Gasteiger partial charge is 0.407 e. The number of nitrogens with zero attached hydrogens (tertiary/aromatic N) is 1. The first kappa shape index (κ1) is 24.6. The maximum Gasteiger partial charge on any atom is 0.407 e. The predicted octanol–water partition coefficient (Wildman–Crippen LogP) is 4.17. The van der Waals surface area contributed by atoms with Gasteiger partial charge in [0.05, 0.1) is 6.42 Å². The van der Waals surface area contributed by atoms with E-state index in [1.807, 2.05) is 48.5 Å². The highest BCUT2D eigenvalue weighted by Gasteiger charge is 2.48. The average Bonchev–Trinajstić information content (AvgIpc) is 3.39. The number of nitrogens with one attached hydrogen (secondary N) is 1. The van der Waals surface area contributed by atoms with Gasteiger partial charge >= 0.3 is 18.2 Å². The molecule has 35 heavy (non-hydrogen) atoms. The predicted molar refractivity (Wildman–Crippen MR) is 120 cm³/mol. The third-order valence-electron chi connectivity index (χ3n) is 6.56. The van der Waals surface area contributed by atoms with Gasteiger partial charge in [0.2, 0.25) is 5.91 Å². The number of carboxylic acid groups (broad SMARTS) is 1. The molecule has 7 nitrogen and oxygen atoms in total. The first-order chi connectivity index (χ1) is 16.7. The zero-order chi connectivity index (χ0) is 25.2. The zero-order valence-corrected chi connectivity index (χ0v) is 18.8. The minimum absolute atomic E-state index is 0.0499. The number of likely N-dealkylation sites (tertiary alicyclic amines) is 1. The van der Waals surface area contributed by atoms with Gasteiger partial charge in [0, 0.05) is 25.0 Å². The minimum Gasteiger partial charge on any atom is -0.481 e. The van der Waals surface area contributed by atoms with Gasteiger partial charge in [-0.1, -0.05) is 48.5 Å². The molecule has 2 aliphatic rings. The van der Waals surface area contributed by atoms with Crippen LogP contribution >= 0.6 is 0 Å². The lowest BCUT2D eigenvalue weighted by atomic mass is 9.98. The van der Waals surface area contributed by atoms with Gasteiger partial charge in [-0.3, -0.25) is 9.59 Å². The lowest BCUT2D eigenvalue weighted by Crippen LogP contribution is -2.49. The fourth-order valence-corrected chi connectivity index (χ4v) is 4.92. The van der Waals surface area contributed by atoms with Crippen molar-refractivity contribution < 1.29 is 37.4 Å². The second kappa shape index (κ2) is 9.97. The first-order valence-electron chi connectivity index (χ1n) is 11.3. The van der Waals surface area contributed by atoms with Gasteiger partial charge in [0.1, 0.15) is 6.61 Å². The van der Waals surface area contributed by atoms with Gasteiger partial charge in [-0.05, 0) is 35.1 Å². The third-order valence-corrected chi connectivity index (χ3v) is 6.56. The van der Waals surface area contributed by atoms with Gasteiger partial charge in [-0.2, -0.15) is 13.2 Å². The van der Waals surface area contributed by atoms with Crippen molar-refractivity contribution in [3.8, 4) is 11.1 Å². The Labute approximate surface area is 199 Å². The molecule has 10 heteroatoms. The molecule has 2 aromatic carbocycles. The number of carbonyl (C=O) groups is 3. The lowest BCUT2D eigenvalue weighted by molar-refractivity contribution is -0.188. The van der Waals surface area contributed by atoms with E-state index >= 15 is 0 Å². The Bertz CT molecular complexity index is 1070. The maximum absolute atomic E-state index is 13.7. The van der Waals surface area contributed by atoms with E-state index in [1.54, 1.807) is 0 Å². The summed E-state index contributed by atoms with van der Waals surface area (Å²) in [5.74, 6) is -5.16. The Morgan fingerprint density at radius 3 is 2.23 bits per heavy atom. The van der Waals surface area contributed by atoms with Crippen molar-refractivity contribution in [2.24, 2.45) is 5.92 Å². The Hall–Kier alpha value is -3.56. The number of hydrogen-bond donors (Lipinski definition) is 2. The molecule has 1 saturated heterocycles. The van der Waals surface area contributed by atoms with E-state index in [0.717, 1.165) is 27.2 Å². The molecule has 2 atom stereocenters. The van der Waals surface area contributed by atoms with Crippen molar-refractivity contribution >= 4 is 18.0 Å².